The molecule has 0 atom stereocenters. The van der Waals surface area contributed by atoms with Gasteiger partial charge in [0.05, 0.1) is 0 Å². The largest absolute Gasteiger partial charge is 0.382 e. The Balaban J connectivity index is 2.50. The van der Waals surface area contributed by atoms with E-state index in [1.807, 2.05) is 0 Å². The molecule has 1 aromatic heterocycles. The number of halogens is 2. The maximum atomic E-state index is 10.4. The number of alkyl halides is 1. The van der Waals surface area contributed by atoms with Crippen LogP contribution in [0.2, 0.25) is 0 Å². The fourth-order valence-corrected chi connectivity index (χ4v) is 2.04. The molecule has 0 saturated carbocycles. The van der Waals surface area contributed by atoms with Gasteiger partial charge in [0.2, 0.25) is 0 Å². The van der Waals surface area contributed by atoms with Crippen molar-refractivity contribution >= 4 is 37.7 Å². The van der Waals surface area contributed by atoms with E-state index in [0.29, 0.717) is 4.73 Å². The van der Waals surface area contributed by atoms with Gasteiger partial charge in [-0.1, -0.05) is 22.4 Å². The first kappa shape index (κ1) is 12.6. The first-order valence-corrected chi connectivity index (χ1v) is 6.49. The molecule has 0 fully saturated rings. The van der Waals surface area contributed by atoms with Crippen molar-refractivity contribution in [2.45, 2.75) is 25.8 Å². The van der Waals surface area contributed by atoms with Crippen LogP contribution in [-0.4, -0.2) is 19.8 Å². The number of nitrogens with zero attached hydrogens (tertiary/aromatic N) is 3. The van der Waals surface area contributed by atoms with E-state index in [9.17, 15) is 10.1 Å². The van der Waals surface area contributed by atoms with Gasteiger partial charge in [0, 0.05) is 27.8 Å². The summed E-state index contributed by atoms with van der Waals surface area (Å²) in [5, 5.41) is 11.4. The van der Waals surface area contributed by atoms with E-state index in [0.717, 1.165) is 31.1 Å². The molecular weight excluding hydrogens is 330 g/mol. The third-order valence-corrected chi connectivity index (χ3v) is 3.13. The van der Waals surface area contributed by atoms with Crippen LogP contribution in [0.3, 0.4) is 0 Å². The Morgan fingerprint density at radius 1 is 1.47 bits per heavy atom. The highest BCUT2D eigenvalue weighted by molar-refractivity contribution is 9.10. The second-order valence-corrected chi connectivity index (χ2v) is 4.57. The van der Waals surface area contributed by atoms with Crippen molar-refractivity contribution in [2.75, 3.05) is 5.33 Å². The van der Waals surface area contributed by atoms with Crippen molar-refractivity contribution in [3.8, 4) is 0 Å². The minimum absolute atomic E-state index is 0.109. The topological polar surface area (TPSA) is 61.0 Å². The fourth-order valence-electron chi connectivity index (χ4n) is 1.18. The van der Waals surface area contributed by atoms with Crippen molar-refractivity contribution in [1.82, 2.24) is 9.55 Å². The van der Waals surface area contributed by atoms with Crippen molar-refractivity contribution in [3.05, 3.63) is 21.0 Å². The lowest BCUT2D eigenvalue weighted by Crippen LogP contribution is -1.96. The van der Waals surface area contributed by atoms with Gasteiger partial charge in [-0.2, -0.15) is 0 Å². The summed E-state index contributed by atoms with van der Waals surface area (Å²) in [6.45, 7) is 0.758. The predicted octanol–water partition coefficient (Wildman–Crippen LogP) is 3.12. The zero-order valence-corrected chi connectivity index (χ0v) is 11.2. The maximum Gasteiger partial charge on any atom is 0.382 e. The molecule has 0 radical (unpaired) electrons. The zero-order valence-electron chi connectivity index (χ0n) is 8.03. The van der Waals surface area contributed by atoms with E-state index in [4.69, 9.17) is 0 Å². The highest BCUT2D eigenvalue weighted by Crippen LogP contribution is 2.17. The Hall–Kier alpha value is -0.430. The van der Waals surface area contributed by atoms with Gasteiger partial charge in [0.25, 0.3) is 4.73 Å². The summed E-state index contributed by atoms with van der Waals surface area (Å²) in [6.07, 6.45) is 4.67. The minimum Gasteiger partial charge on any atom is -0.358 e. The molecule has 0 aromatic carbocycles. The molecule has 0 unspecified atom stereocenters. The highest BCUT2D eigenvalue weighted by Gasteiger charge is 2.15. The predicted molar refractivity (Wildman–Crippen MR) is 64.2 cm³/mol. The quantitative estimate of drug-likeness (QED) is 0.346. The summed E-state index contributed by atoms with van der Waals surface area (Å²) in [4.78, 5) is 13.7. The molecule has 0 N–H and O–H groups in total. The Morgan fingerprint density at radius 2 is 2.20 bits per heavy atom. The number of aryl methyl sites for hydroxylation is 1. The summed E-state index contributed by atoms with van der Waals surface area (Å²) in [5.41, 5.74) is 0. The molecule has 0 bridgehead atoms. The summed E-state index contributed by atoms with van der Waals surface area (Å²) in [5.74, 6) is -0.109. The van der Waals surface area contributed by atoms with E-state index in [1.54, 1.807) is 4.57 Å². The van der Waals surface area contributed by atoms with Gasteiger partial charge in [-0.05, 0) is 22.7 Å². The number of hydrogen-bond donors (Lipinski definition) is 0. The van der Waals surface area contributed by atoms with E-state index < -0.39 is 4.92 Å². The van der Waals surface area contributed by atoms with Crippen LogP contribution in [-0.2, 0) is 6.54 Å². The number of unbranched alkanes of at least 4 members (excludes halogenated alkanes) is 2. The number of aromatic nitrogens is 2. The summed E-state index contributed by atoms with van der Waals surface area (Å²) < 4.78 is 2.28. The van der Waals surface area contributed by atoms with Crippen molar-refractivity contribution in [3.63, 3.8) is 0 Å². The van der Waals surface area contributed by atoms with E-state index in [-0.39, 0.29) is 5.82 Å². The third kappa shape index (κ3) is 3.90. The molecule has 0 aliphatic heterocycles. The molecule has 0 spiro atoms. The molecule has 7 heteroatoms. The second kappa shape index (κ2) is 6.22. The van der Waals surface area contributed by atoms with Crippen LogP contribution in [0.25, 0.3) is 0 Å². The van der Waals surface area contributed by atoms with E-state index in [2.05, 4.69) is 36.8 Å². The lowest BCUT2D eigenvalue weighted by atomic mass is 10.2. The maximum absolute atomic E-state index is 10.4. The molecular formula is C8H11Br2N3O2. The lowest BCUT2D eigenvalue weighted by Gasteiger charge is -1.99. The van der Waals surface area contributed by atoms with E-state index >= 15 is 0 Å². The average Bonchev–Trinajstić information content (AvgIpc) is 2.55. The molecule has 0 amide bonds. The van der Waals surface area contributed by atoms with Crippen LogP contribution >= 0.6 is 31.9 Å². The normalized spacial score (nSPS) is 10.5. The van der Waals surface area contributed by atoms with Crippen LogP contribution in [0.15, 0.2) is 10.9 Å². The first-order chi connectivity index (χ1) is 7.15. The van der Waals surface area contributed by atoms with Crippen LogP contribution in [0, 0.1) is 10.1 Å². The van der Waals surface area contributed by atoms with Crippen molar-refractivity contribution in [1.29, 1.82) is 0 Å². The minimum atomic E-state index is -0.486. The Bertz CT molecular complexity index is 341. The van der Waals surface area contributed by atoms with Crippen LogP contribution in [0.4, 0.5) is 5.82 Å². The molecule has 0 aliphatic carbocycles. The summed E-state index contributed by atoms with van der Waals surface area (Å²) in [6, 6.07) is 0. The molecule has 15 heavy (non-hydrogen) atoms. The molecule has 1 aromatic rings. The van der Waals surface area contributed by atoms with Gasteiger partial charge < -0.3 is 10.1 Å². The Kier molecular flexibility index (Phi) is 5.24. The smallest absolute Gasteiger partial charge is 0.358 e. The van der Waals surface area contributed by atoms with Gasteiger partial charge in [0.15, 0.2) is 0 Å². The van der Waals surface area contributed by atoms with Crippen molar-refractivity contribution < 1.29 is 4.92 Å². The number of rotatable bonds is 6. The lowest BCUT2D eigenvalue weighted by molar-refractivity contribution is -0.389. The monoisotopic (exact) mass is 339 g/mol. The average molecular weight is 341 g/mol. The molecule has 0 saturated heterocycles. The Morgan fingerprint density at radius 3 is 2.73 bits per heavy atom. The summed E-state index contributed by atoms with van der Waals surface area (Å²) in [7, 11) is 0. The molecule has 1 heterocycles. The van der Waals surface area contributed by atoms with Gasteiger partial charge >= 0.3 is 5.82 Å². The Labute approximate surface area is 104 Å². The van der Waals surface area contributed by atoms with E-state index in [1.165, 1.54) is 6.20 Å². The van der Waals surface area contributed by atoms with Gasteiger partial charge in [-0.3, -0.25) is 4.57 Å². The number of nitro groups is 1. The molecule has 84 valence electrons. The second-order valence-electron chi connectivity index (χ2n) is 3.07. The van der Waals surface area contributed by atoms with Crippen LogP contribution < -0.4 is 0 Å². The van der Waals surface area contributed by atoms with Gasteiger partial charge in [-0.15, -0.1) is 0 Å². The number of hydrogen-bond acceptors (Lipinski definition) is 3. The van der Waals surface area contributed by atoms with Crippen LogP contribution in [0.1, 0.15) is 19.3 Å². The first-order valence-electron chi connectivity index (χ1n) is 4.58. The summed E-state index contributed by atoms with van der Waals surface area (Å²) >= 11 is 6.55. The standard InChI is InChI=1S/C8H11Br2N3O2/c9-4-2-1-3-5-12-6-7(13(14)15)11-8(12)10/h6H,1-5H2. The fraction of sp³-hybridized carbons (Fsp3) is 0.625. The SMILES string of the molecule is O=[N+]([O-])c1cn(CCCCCBr)c(Br)n1. The van der Waals surface area contributed by atoms with Crippen molar-refractivity contribution in [2.24, 2.45) is 0 Å². The van der Waals surface area contributed by atoms with Crippen LogP contribution in [0.5, 0.6) is 0 Å². The molecule has 5 nitrogen and oxygen atoms in total. The zero-order chi connectivity index (χ0) is 11.3. The molecule has 0 aliphatic rings. The highest BCUT2D eigenvalue weighted by atomic mass is 79.9. The number of imidazole rings is 1. The third-order valence-electron chi connectivity index (χ3n) is 1.93. The van der Waals surface area contributed by atoms with Gasteiger partial charge in [0.1, 0.15) is 6.20 Å². The van der Waals surface area contributed by atoms with Gasteiger partial charge in [-0.25, -0.2) is 0 Å². The molecule has 1 rings (SSSR count).